The molecule has 13 heteroatoms. The number of hydrogen-bond acceptors (Lipinski definition) is 7. The van der Waals surface area contributed by atoms with E-state index < -0.39 is 73.2 Å². The zero-order valence-corrected chi connectivity index (χ0v) is 31.3. The summed E-state index contributed by atoms with van der Waals surface area (Å²) < 4.78 is 25.6. The molecule has 4 unspecified atom stereocenters. The molecule has 0 aromatic heterocycles. The van der Waals surface area contributed by atoms with Crippen molar-refractivity contribution in [2.45, 2.75) is 142 Å². The van der Waals surface area contributed by atoms with Crippen LogP contribution in [0.25, 0.3) is 0 Å². The van der Waals surface area contributed by atoms with Crippen molar-refractivity contribution >= 4 is 39.4 Å². The normalized spacial score (nSPS) is 21.1. The second-order valence-corrected chi connectivity index (χ2v) is 18.6. The van der Waals surface area contributed by atoms with Gasteiger partial charge in [-0.3, -0.25) is 19.2 Å². The van der Waals surface area contributed by atoms with Crippen molar-refractivity contribution < 1.29 is 32.4 Å². The van der Waals surface area contributed by atoms with Crippen molar-refractivity contribution in [3.8, 4) is 12.3 Å². The maximum Gasteiger partial charge on any atom is 0.315 e. The van der Waals surface area contributed by atoms with Crippen LogP contribution in [-0.4, -0.2) is 90.1 Å². The van der Waals surface area contributed by atoms with E-state index >= 15 is 0 Å². The smallest absolute Gasteiger partial charge is 0.315 e. The van der Waals surface area contributed by atoms with Gasteiger partial charge in [-0.1, -0.05) is 53.9 Å². The highest BCUT2D eigenvalue weighted by atomic mass is 32.2. The molecule has 4 atom stereocenters. The summed E-state index contributed by atoms with van der Waals surface area (Å²) in [6.07, 6.45) is 9.46. The number of carbonyl (C=O) groups is 5. The highest BCUT2D eigenvalue weighted by molar-refractivity contribution is 7.92. The van der Waals surface area contributed by atoms with Crippen LogP contribution in [0.15, 0.2) is 0 Å². The number of ketones is 1. The van der Waals surface area contributed by atoms with E-state index in [1.54, 1.807) is 27.7 Å². The summed E-state index contributed by atoms with van der Waals surface area (Å²) in [6.45, 7) is 16.5. The van der Waals surface area contributed by atoms with Crippen molar-refractivity contribution in [1.29, 1.82) is 0 Å². The van der Waals surface area contributed by atoms with E-state index in [9.17, 15) is 32.4 Å². The SMILES string of the molecule is C#CCCC(NC(=O)C1CC(C(C)C)CN1C(=O)C(NC(=O)NC1(CS(=O)(=O)C(C)(C)C)CCCCC1)C(C)(C)C)C(=O)C(=O)NCC. The first-order chi connectivity index (χ1) is 22.1. The Bertz CT molecular complexity index is 1330. The van der Waals surface area contributed by atoms with E-state index in [0.29, 0.717) is 19.3 Å². The molecule has 1 aliphatic heterocycles. The third-order valence-corrected chi connectivity index (χ3v) is 12.4. The van der Waals surface area contributed by atoms with Gasteiger partial charge in [0, 0.05) is 19.5 Å². The maximum atomic E-state index is 14.4. The van der Waals surface area contributed by atoms with Gasteiger partial charge in [0.15, 0.2) is 9.84 Å². The Morgan fingerprint density at radius 1 is 0.979 bits per heavy atom. The standard InChI is InChI=1S/C35H59N5O7S/c1-11-13-17-25(27(41)30(43)36-12-2)37-29(42)26-20-24(23(3)4)21-40(26)31(44)28(33(5,6)7)38-32(45)39-35(18-15-14-16-19-35)22-48(46,47)34(8,9)10/h1,23-26,28H,12-22H2,2-10H3,(H,36,43)(H,37,42)(H2,38,39,45). The summed E-state index contributed by atoms with van der Waals surface area (Å²) in [6, 6.07) is -3.81. The Labute approximate surface area is 288 Å². The second-order valence-electron chi connectivity index (χ2n) is 15.9. The molecule has 2 rings (SSSR count). The summed E-state index contributed by atoms with van der Waals surface area (Å²) in [5.41, 5.74) is -1.76. The molecule has 12 nitrogen and oxygen atoms in total. The molecule has 1 saturated heterocycles. The monoisotopic (exact) mass is 693 g/mol. The van der Waals surface area contributed by atoms with Crippen LogP contribution in [0.4, 0.5) is 4.79 Å². The van der Waals surface area contributed by atoms with Gasteiger partial charge in [-0.25, -0.2) is 13.2 Å². The summed E-state index contributed by atoms with van der Waals surface area (Å²) in [5, 5.41) is 11.0. The van der Waals surface area contributed by atoms with Gasteiger partial charge < -0.3 is 26.2 Å². The number of Topliss-reactive ketones (excluding diaryl/α,β-unsaturated/α-hetero) is 1. The number of urea groups is 1. The largest absolute Gasteiger partial charge is 0.350 e. The molecule has 48 heavy (non-hydrogen) atoms. The van der Waals surface area contributed by atoms with Gasteiger partial charge in [-0.05, 0) is 70.6 Å². The molecule has 272 valence electrons. The van der Waals surface area contributed by atoms with E-state index in [4.69, 9.17) is 6.42 Å². The number of nitrogens with zero attached hydrogens (tertiary/aromatic N) is 1. The average Bonchev–Trinajstić information content (AvgIpc) is 3.42. The summed E-state index contributed by atoms with van der Waals surface area (Å²) >= 11 is 0. The van der Waals surface area contributed by atoms with Gasteiger partial charge in [0.25, 0.3) is 5.91 Å². The van der Waals surface area contributed by atoms with Gasteiger partial charge in [-0.15, -0.1) is 12.3 Å². The van der Waals surface area contributed by atoms with E-state index in [1.807, 2.05) is 34.6 Å². The van der Waals surface area contributed by atoms with Crippen molar-refractivity contribution in [2.75, 3.05) is 18.8 Å². The highest BCUT2D eigenvalue weighted by Gasteiger charge is 2.47. The fourth-order valence-electron chi connectivity index (χ4n) is 6.35. The molecule has 4 N–H and O–H groups in total. The lowest BCUT2D eigenvalue weighted by Gasteiger charge is -2.41. The van der Waals surface area contributed by atoms with Gasteiger partial charge >= 0.3 is 6.03 Å². The number of rotatable bonds is 13. The van der Waals surface area contributed by atoms with Crippen molar-refractivity contribution in [3.05, 3.63) is 0 Å². The topological polar surface area (TPSA) is 171 Å². The van der Waals surface area contributed by atoms with Gasteiger partial charge in [-0.2, -0.15) is 0 Å². The molecule has 0 spiro atoms. The molecule has 1 heterocycles. The van der Waals surface area contributed by atoms with E-state index in [1.165, 1.54) is 4.90 Å². The molecule has 0 radical (unpaired) electrons. The molecule has 0 aromatic rings. The van der Waals surface area contributed by atoms with Crippen LogP contribution in [0.5, 0.6) is 0 Å². The van der Waals surface area contributed by atoms with Crippen LogP contribution in [0.2, 0.25) is 0 Å². The number of hydrogen-bond donors (Lipinski definition) is 4. The van der Waals surface area contributed by atoms with E-state index in [0.717, 1.165) is 19.3 Å². The third kappa shape index (κ3) is 10.7. The zero-order valence-electron chi connectivity index (χ0n) is 30.5. The number of likely N-dealkylation sites (tertiary alicyclic amines) is 1. The Hall–Kier alpha value is -3.14. The number of terminal acetylenes is 1. The van der Waals surface area contributed by atoms with Crippen LogP contribution in [-0.2, 0) is 29.0 Å². The van der Waals surface area contributed by atoms with E-state index in [-0.39, 0.29) is 43.5 Å². The molecular formula is C35H59N5O7S. The van der Waals surface area contributed by atoms with Crippen molar-refractivity contribution in [3.63, 3.8) is 0 Å². The van der Waals surface area contributed by atoms with Crippen LogP contribution < -0.4 is 21.3 Å². The summed E-state index contributed by atoms with van der Waals surface area (Å²) in [5.74, 6) is -0.338. The Kier molecular flexibility index (Phi) is 14.1. The van der Waals surface area contributed by atoms with Gasteiger partial charge in [0.1, 0.15) is 12.1 Å². The maximum absolute atomic E-state index is 14.4. The number of likely N-dealkylation sites (N-methyl/N-ethyl adjacent to an activating group) is 1. The number of sulfone groups is 1. The Morgan fingerprint density at radius 2 is 1.58 bits per heavy atom. The highest BCUT2D eigenvalue weighted by Crippen LogP contribution is 2.34. The second kappa shape index (κ2) is 16.5. The van der Waals surface area contributed by atoms with Crippen LogP contribution >= 0.6 is 0 Å². The van der Waals surface area contributed by atoms with Crippen molar-refractivity contribution in [2.24, 2.45) is 17.3 Å². The van der Waals surface area contributed by atoms with E-state index in [2.05, 4.69) is 27.2 Å². The lowest BCUT2D eigenvalue weighted by Crippen LogP contribution is -2.63. The first-order valence-electron chi connectivity index (χ1n) is 17.3. The lowest BCUT2D eigenvalue weighted by atomic mass is 9.83. The molecular weight excluding hydrogens is 634 g/mol. The molecule has 0 bridgehead atoms. The first-order valence-corrected chi connectivity index (χ1v) is 18.9. The number of carbonyl (C=O) groups excluding carboxylic acids is 5. The quantitative estimate of drug-likeness (QED) is 0.170. The minimum atomic E-state index is -3.57. The van der Waals surface area contributed by atoms with Gasteiger partial charge in [0.05, 0.1) is 22.1 Å². The number of amides is 5. The molecule has 1 saturated carbocycles. The third-order valence-electron chi connectivity index (χ3n) is 9.61. The molecule has 1 aliphatic carbocycles. The van der Waals surface area contributed by atoms with Crippen molar-refractivity contribution in [1.82, 2.24) is 26.2 Å². The lowest BCUT2D eigenvalue weighted by molar-refractivity contribution is -0.143. The van der Waals surface area contributed by atoms with Crippen LogP contribution in [0, 0.1) is 29.6 Å². The predicted octanol–water partition coefficient (Wildman–Crippen LogP) is 3.09. The molecule has 0 aromatic carbocycles. The number of nitrogens with one attached hydrogen (secondary N) is 4. The predicted molar refractivity (Wildman–Crippen MR) is 186 cm³/mol. The minimum absolute atomic E-state index is 0.0319. The Morgan fingerprint density at radius 3 is 2.08 bits per heavy atom. The Balaban J connectivity index is 2.38. The van der Waals surface area contributed by atoms with Crippen LogP contribution in [0.1, 0.15) is 114 Å². The molecule has 2 aliphatic rings. The minimum Gasteiger partial charge on any atom is -0.350 e. The fraction of sp³-hybridized carbons (Fsp3) is 0.800. The summed E-state index contributed by atoms with van der Waals surface area (Å²) in [7, 11) is -3.57. The average molecular weight is 694 g/mol. The summed E-state index contributed by atoms with van der Waals surface area (Å²) in [4.78, 5) is 68.6. The van der Waals surface area contributed by atoms with Gasteiger partial charge in [0.2, 0.25) is 17.6 Å². The molecule has 5 amide bonds. The molecule has 2 fully saturated rings. The van der Waals surface area contributed by atoms with Crippen LogP contribution in [0.3, 0.4) is 0 Å². The fourth-order valence-corrected chi connectivity index (χ4v) is 7.87. The first kappa shape index (κ1) is 41.0. The zero-order chi connectivity index (χ0) is 36.7.